The Kier molecular flexibility index (Phi) is 6.23. The fourth-order valence-corrected chi connectivity index (χ4v) is 2.31. The smallest absolute Gasteiger partial charge is 0.315 e. The van der Waals surface area contributed by atoms with E-state index in [0.29, 0.717) is 24.1 Å². The van der Waals surface area contributed by atoms with Crippen LogP contribution in [-0.2, 0) is 6.54 Å². The third-order valence-corrected chi connectivity index (χ3v) is 3.50. The summed E-state index contributed by atoms with van der Waals surface area (Å²) in [5, 5.41) is 6.33. The summed E-state index contributed by atoms with van der Waals surface area (Å²) >= 11 is 5.96. The molecule has 0 aliphatic heterocycles. The first-order valence-electron chi connectivity index (χ1n) is 7.46. The van der Waals surface area contributed by atoms with Crippen molar-refractivity contribution in [3.05, 3.63) is 58.7 Å². The second-order valence-corrected chi connectivity index (χ2v) is 5.44. The Hall–Kier alpha value is -2.27. The van der Waals surface area contributed by atoms with E-state index in [4.69, 9.17) is 16.3 Å². The van der Waals surface area contributed by atoms with Crippen LogP contribution in [0.4, 0.5) is 4.79 Å². The van der Waals surface area contributed by atoms with Gasteiger partial charge in [-0.05, 0) is 37.6 Å². The zero-order chi connectivity index (χ0) is 16.7. The Labute approximate surface area is 141 Å². The van der Waals surface area contributed by atoms with Crippen LogP contribution in [0.2, 0.25) is 5.02 Å². The van der Waals surface area contributed by atoms with Crippen LogP contribution in [0.5, 0.6) is 5.88 Å². The first-order valence-corrected chi connectivity index (χ1v) is 7.84. The van der Waals surface area contributed by atoms with Crippen molar-refractivity contribution in [3.63, 3.8) is 0 Å². The molecule has 2 amide bonds. The van der Waals surface area contributed by atoms with Crippen molar-refractivity contribution in [1.29, 1.82) is 0 Å². The van der Waals surface area contributed by atoms with Gasteiger partial charge >= 0.3 is 6.03 Å². The zero-order valence-corrected chi connectivity index (χ0v) is 13.9. The lowest BCUT2D eigenvalue weighted by molar-refractivity contribution is 0.237. The summed E-state index contributed by atoms with van der Waals surface area (Å²) in [7, 11) is 0. The highest BCUT2D eigenvalue weighted by atomic mass is 35.5. The summed E-state index contributed by atoms with van der Waals surface area (Å²) in [6.45, 7) is 4.67. The molecule has 0 bridgehead atoms. The van der Waals surface area contributed by atoms with Crippen molar-refractivity contribution in [2.45, 2.75) is 26.4 Å². The number of carbonyl (C=O) groups excluding carboxylic acids is 1. The molecule has 0 spiro atoms. The number of hydrogen-bond acceptors (Lipinski definition) is 3. The van der Waals surface area contributed by atoms with Crippen molar-refractivity contribution >= 4 is 17.6 Å². The molecule has 6 heteroatoms. The van der Waals surface area contributed by atoms with Crippen molar-refractivity contribution in [2.75, 3.05) is 6.61 Å². The zero-order valence-electron chi connectivity index (χ0n) is 13.2. The molecule has 2 rings (SSSR count). The predicted molar refractivity (Wildman–Crippen MR) is 90.6 cm³/mol. The van der Waals surface area contributed by atoms with Gasteiger partial charge in [0.1, 0.15) is 0 Å². The molecule has 1 aromatic heterocycles. The average molecular weight is 334 g/mol. The van der Waals surface area contributed by atoms with Gasteiger partial charge in [0.05, 0.1) is 12.6 Å². The molecule has 1 atom stereocenters. The van der Waals surface area contributed by atoms with Crippen LogP contribution >= 0.6 is 11.6 Å². The van der Waals surface area contributed by atoms with Crippen LogP contribution < -0.4 is 15.4 Å². The lowest BCUT2D eigenvalue weighted by atomic mass is 10.1. The normalized spacial score (nSPS) is 11.6. The number of carbonyl (C=O) groups is 1. The van der Waals surface area contributed by atoms with E-state index in [-0.39, 0.29) is 12.1 Å². The van der Waals surface area contributed by atoms with Crippen molar-refractivity contribution in [1.82, 2.24) is 15.6 Å². The van der Waals surface area contributed by atoms with E-state index in [1.165, 1.54) is 0 Å². The fraction of sp³-hybridized carbons (Fsp3) is 0.294. The number of nitrogens with zero attached hydrogens (tertiary/aromatic N) is 1. The summed E-state index contributed by atoms with van der Waals surface area (Å²) in [5.41, 5.74) is 1.78. The second-order valence-electron chi connectivity index (χ2n) is 5.00. The van der Waals surface area contributed by atoms with Crippen LogP contribution in [0.3, 0.4) is 0 Å². The van der Waals surface area contributed by atoms with E-state index in [1.807, 2.05) is 44.2 Å². The van der Waals surface area contributed by atoms with Crippen molar-refractivity contribution < 1.29 is 9.53 Å². The van der Waals surface area contributed by atoms with Crippen LogP contribution in [0.15, 0.2) is 42.6 Å². The molecule has 0 aliphatic rings. The number of urea groups is 1. The number of ether oxygens (including phenoxy) is 1. The number of halogens is 1. The Morgan fingerprint density at radius 1 is 1.35 bits per heavy atom. The molecular formula is C17H20ClN3O2. The van der Waals surface area contributed by atoms with Crippen LogP contribution in [-0.4, -0.2) is 17.6 Å². The summed E-state index contributed by atoms with van der Waals surface area (Å²) in [5.74, 6) is 0.540. The summed E-state index contributed by atoms with van der Waals surface area (Å²) in [4.78, 5) is 16.2. The lowest BCUT2D eigenvalue weighted by Crippen LogP contribution is -2.36. The summed E-state index contributed by atoms with van der Waals surface area (Å²) in [6.07, 6.45) is 1.66. The highest BCUT2D eigenvalue weighted by molar-refractivity contribution is 6.30. The SMILES string of the molecule is CCOc1ncccc1CNC(=O)NC(C)c1cccc(Cl)c1. The molecule has 5 nitrogen and oxygen atoms in total. The van der Waals surface area contributed by atoms with Crippen molar-refractivity contribution in [2.24, 2.45) is 0 Å². The fourth-order valence-electron chi connectivity index (χ4n) is 2.11. The van der Waals surface area contributed by atoms with Crippen LogP contribution in [0.1, 0.15) is 31.0 Å². The molecule has 0 radical (unpaired) electrons. The molecule has 1 unspecified atom stereocenters. The minimum atomic E-state index is -0.260. The Bertz CT molecular complexity index is 664. The molecule has 0 fully saturated rings. The first kappa shape index (κ1) is 17.1. The van der Waals surface area contributed by atoms with Gasteiger partial charge in [-0.2, -0.15) is 0 Å². The number of pyridine rings is 1. The van der Waals surface area contributed by atoms with Crippen molar-refractivity contribution in [3.8, 4) is 5.88 Å². The standard InChI is InChI=1S/C17H20ClN3O2/c1-3-23-16-14(7-5-9-19-16)11-20-17(22)21-12(2)13-6-4-8-15(18)10-13/h4-10,12H,3,11H2,1-2H3,(H2,20,21,22). The molecule has 1 aromatic carbocycles. The van der Waals surface area contributed by atoms with Gasteiger partial charge in [0.25, 0.3) is 0 Å². The van der Waals surface area contributed by atoms with Gasteiger partial charge in [0.15, 0.2) is 0 Å². The maximum Gasteiger partial charge on any atom is 0.315 e. The third kappa shape index (κ3) is 5.14. The van der Waals surface area contributed by atoms with E-state index < -0.39 is 0 Å². The van der Waals surface area contributed by atoms with E-state index >= 15 is 0 Å². The lowest BCUT2D eigenvalue weighted by Gasteiger charge is -2.16. The van der Waals surface area contributed by atoms with Gasteiger partial charge < -0.3 is 15.4 Å². The molecule has 2 aromatic rings. The number of amides is 2. The van der Waals surface area contributed by atoms with E-state index in [1.54, 1.807) is 12.3 Å². The molecule has 2 N–H and O–H groups in total. The number of nitrogens with one attached hydrogen (secondary N) is 2. The molecule has 1 heterocycles. The summed E-state index contributed by atoms with van der Waals surface area (Å²) in [6, 6.07) is 10.7. The molecule has 122 valence electrons. The maximum atomic E-state index is 12.0. The van der Waals surface area contributed by atoms with Gasteiger partial charge in [-0.1, -0.05) is 29.8 Å². The van der Waals surface area contributed by atoms with Gasteiger partial charge in [-0.25, -0.2) is 9.78 Å². The number of aromatic nitrogens is 1. The average Bonchev–Trinajstić information content (AvgIpc) is 2.54. The van der Waals surface area contributed by atoms with Crippen LogP contribution in [0.25, 0.3) is 0 Å². The molecular weight excluding hydrogens is 314 g/mol. The highest BCUT2D eigenvalue weighted by Gasteiger charge is 2.11. The highest BCUT2D eigenvalue weighted by Crippen LogP contribution is 2.17. The second kappa shape index (κ2) is 8.39. The topological polar surface area (TPSA) is 63.2 Å². The van der Waals surface area contributed by atoms with E-state index in [9.17, 15) is 4.79 Å². The number of rotatable bonds is 6. The van der Waals surface area contributed by atoms with Crippen LogP contribution in [0, 0.1) is 0 Å². The molecule has 0 saturated carbocycles. The third-order valence-electron chi connectivity index (χ3n) is 3.27. The number of benzene rings is 1. The largest absolute Gasteiger partial charge is 0.478 e. The predicted octanol–water partition coefficient (Wildman–Crippen LogP) is 3.69. The maximum absolute atomic E-state index is 12.0. The van der Waals surface area contributed by atoms with Gasteiger partial charge in [-0.3, -0.25) is 0 Å². The molecule has 23 heavy (non-hydrogen) atoms. The van der Waals surface area contributed by atoms with Gasteiger partial charge in [0, 0.05) is 23.3 Å². The Balaban J connectivity index is 1.90. The summed E-state index contributed by atoms with van der Waals surface area (Å²) < 4.78 is 5.44. The van der Waals surface area contributed by atoms with E-state index in [2.05, 4.69) is 15.6 Å². The van der Waals surface area contributed by atoms with E-state index in [0.717, 1.165) is 11.1 Å². The minimum absolute atomic E-state index is 0.144. The molecule has 0 saturated heterocycles. The van der Waals surface area contributed by atoms with Gasteiger partial charge in [0.2, 0.25) is 5.88 Å². The van der Waals surface area contributed by atoms with Gasteiger partial charge in [-0.15, -0.1) is 0 Å². The number of hydrogen-bond donors (Lipinski definition) is 2. The molecule has 0 aliphatic carbocycles. The quantitative estimate of drug-likeness (QED) is 0.847. The Morgan fingerprint density at radius 2 is 2.17 bits per heavy atom. The Morgan fingerprint density at radius 3 is 2.91 bits per heavy atom. The minimum Gasteiger partial charge on any atom is -0.478 e. The monoisotopic (exact) mass is 333 g/mol. The first-order chi connectivity index (χ1) is 11.1.